The van der Waals surface area contributed by atoms with Crippen LogP contribution in [0.1, 0.15) is 5.56 Å². The normalized spacial score (nSPS) is 11.0. The number of aliphatic imine (C=N–C) groups is 1. The summed E-state index contributed by atoms with van der Waals surface area (Å²) in [6.07, 6.45) is 1.70. The number of hydrogen-bond donors (Lipinski definition) is 1. The Morgan fingerprint density at radius 3 is 2.73 bits per heavy atom. The van der Waals surface area contributed by atoms with Crippen LogP contribution >= 0.6 is 11.6 Å². The van der Waals surface area contributed by atoms with E-state index in [-0.39, 0.29) is 0 Å². The van der Waals surface area contributed by atoms with E-state index in [9.17, 15) is 0 Å². The Morgan fingerprint density at radius 2 is 2.00 bits per heavy atom. The molecule has 0 saturated carbocycles. The minimum Gasteiger partial charge on any atom is -0.497 e. The lowest BCUT2D eigenvalue weighted by molar-refractivity contribution is 0.415. The van der Waals surface area contributed by atoms with Crippen molar-refractivity contribution in [3.8, 4) is 17.1 Å². The summed E-state index contributed by atoms with van der Waals surface area (Å²) in [4.78, 5) is 8.57. The lowest BCUT2D eigenvalue weighted by Crippen LogP contribution is -1.84. The molecule has 3 rings (SSSR count). The number of hydrogen-bond acceptors (Lipinski definition) is 4. The number of aromatic amines is 1. The van der Waals surface area contributed by atoms with Gasteiger partial charge in [0.05, 0.1) is 7.11 Å². The summed E-state index contributed by atoms with van der Waals surface area (Å²) < 4.78 is 5.11. The van der Waals surface area contributed by atoms with E-state index in [4.69, 9.17) is 16.3 Å². The quantitative estimate of drug-likeness (QED) is 0.743. The van der Waals surface area contributed by atoms with Gasteiger partial charge in [-0.1, -0.05) is 23.7 Å². The van der Waals surface area contributed by atoms with Crippen molar-refractivity contribution in [2.24, 2.45) is 4.99 Å². The third kappa shape index (κ3) is 3.32. The van der Waals surface area contributed by atoms with E-state index in [2.05, 4.69) is 20.2 Å². The number of ether oxygens (including phenoxy) is 1. The van der Waals surface area contributed by atoms with Crippen molar-refractivity contribution in [3.63, 3.8) is 0 Å². The van der Waals surface area contributed by atoms with Gasteiger partial charge in [-0.05, 0) is 42.0 Å². The van der Waals surface area contributed by atoms with Gasteiger partial charge in [-0.25, -0.2) is 4.99 Å². The van der Waals surface area contributed by atoms with Crippen molar-refractivity contribution in [1.29, 1.82) is 0 Å². The molecule has 5 nitrogen and oxygen atoms in total. The van der Waals surface area contributed by atoms with Crippen molar-refractivity contribution < 1.29 is 4.74 Å². The van der Waals surface area contributed by atoms with E-state index >= 15 is 0 Å². The summed E-state index contributed by atoms with van der Waals surface area (Å²) >= 11 is 5.97. The van der Waals surface area contributed by atoms with Gasteiger partial charge in [0.1, 0.15) is 5.75 Å². The Kier molecular flexibility index (Phi) is 4.16. The molecule has 6 heteroatoms. The molecule has 0 unspecified atom stereocenters. The highest BCUT2D eigenvalue weighted by Gasteiger charge is 2.04. The number of methoxy groups -OCH3 is 1. The molecular formula is C16H13ClN4O. The fraction of sp³-hybridized carbons (Fsp3) is 0.0625. The predicted molar refractivity (Wildman–Crippen MR) is 87.1 cm³/mol. The zero-order valence-electron chi connectivity index (χ0n) is 11.8. The van der Waals surface area contributed by atoms with Crippen LogP contribution in [-0.4, -0.2) is 28.5 Å². The van der Waals surface area contributed by atoms with Crippen LogP contribution in [-0.2, 0) is 0 Å². The number of rotatable bonds is 4. The van der Waals surface area contributed by atoms with Crippen LogP contribution in [0.15, 0.2) is 53.5 Å². The monoisotopic (exact) mass is 312 g/mol. The summed E-state index contributed by atoms with van der Waals surface area (Å²) in [6.45, 7) is 0. The molecule has 1 aromatic heterocycles. The fourth-order valence-electron chi connectivity index (χ4n) is 1.90. The molecule has 0 radical (unpaired) electrons. The van der Waals surface area contributed by atoms with Crippen molar-refractivity contribution in [2.75, 3.05) is 7.11 Å². The molecule has 1 N–H and O–H groups in total. The average Bonchev–Trinajstić information content (AvgIpc) is 3.02. The van der Waals surface area contributed by atoms with Gasteiger partial charge >= 0.3 is 0 Å². The summed E-state index contributed by atoms with van der Waals surface area (Å²) in [7, 11) is 1.63. The summed E-state index contributed by atoms with van der Waals surface area (Å²) in [5, 5.41) is 7.57. The summed E-state index contributed by atoms with van der Waals surface area (Å²) in [5.41, 5.74) is 1.81. The van der Waals surface area contributed by atoms with Crippen LogP contribution in [0.4, 0.5) is 5.95 Å². The molecule has 110 valence electrons. The molecule has 22 heavy (non-hydrogen) atoms. The lowest BCUT2D eigenvalue weighted by Gasteiger charge is -1.98. The summed E-state index contributed by atoms with van der Waals surface area (Å²) in [5.74, 6) is 1.80. The molecule has 0 saturated heterocycles. The topological polar surface area (TPSA) is 63.2 Å². The largest absolute Gasteiger partial charge is 0.497 e. The van der Waals surface area contributed by atoms with Crippen molar-refractivity contribution in [2.45, 2.75) is 0 Å². The first-order chi connectivity index (χ1) is 10.7. The van der Waals surface area contributed by atoms with E-state index < -0.39 is 0 Å². The van der Waals surface area contributed by atoms with E-state index in [0.717, 1.165) is 16.9 Å². The first-order valence-electron chi connectivity index (χ1n) is 6.61. The van der Waals surface area contributed by atoms with Gasteiger partial charge in [0.25, 0.3) is 5.95 Å². The van der Waals surface area contributed by atoms with Gasteiger partial charge in [-0.15, -0.1) is 5.10 Å². The molecule has 0 amide bonds. The van der Waals surface area contributed by atoms with Crippen LogP contribution in [0.2, 0.25) is 5.02 Å². The van der Waals surface area contributed by atoms with Gasteiger partial charge in [-0.2, -0.15) is 4.98 Å². The lowest BCUT2D eigenvalue weighted by atomic mass is 10.2. The molecular weight excluding hydrogens is 300 g/mol. The van der Waals surface area contributed by atoms with Crippen LogP contribution in [0.5, 0.6) is 5.75 Å². The van der Waals surface area contributed by atoms with Gasteiger partial charge < -0.3 is 4.74 Å². The predicted octanol–water partition coefficient (Wildman–Crippen LogP) is 3.88. The SMILES string of the molecule is COc1ccc(/C=N/c2n[nH]c(-c3cccc(Cl)c3)n2)cc1. The van der Waals surface area contributed by atoms with Gasteiger partial charge in [-0.3, -0.25) is 5.10 Å². The summed E-state index contributed by atoms with van der Waals surface area (Å²) in [6, 6.07) is 15.0. The molecule has 0 spiro atoms. The molecule has 1 heterocycles. The number of H-pyrrole nitrogens is 1. The van der Waals surface area contributed by atoms with Crippen LogP contribution in [0.25, 0.3) is 11.4 Å². The van der Waals surface area contributed by atoms with Gasteiger partial charge in [0, 0.05) is 16.8 Å². The number of benzene rings is 2. The Bertz CT molecular complexity index is 796. The molecule has 0 aliphatic heterocycles. The number of nitrogens with zero attached hydrogens (tertiary/aromatic N) is 3. The first kappa shape index (κ1) is 14.3. The van der Waals surface area contributed by atoms with E-state index in [1.165, 1.54) is 0 Å². The smallest absolute Gasteiger partial charge is 0.268 e. The maximum Gasteiger partial charge on any atom is 0.268 e. The molecule has 2 aromatic carbocycles. The molecule has 0 bridgehead atoms. The molecule has 0 fully saturated rings. The van der Waals surface area contributed by atoms with E-state index in [0.29, 0.717) is 16.8 Å². The zero-order chi connectivity index (χ0) is 15.4. The molecule has 0 aliphatic rings. The third-order valence-corrected chi connectivity index (χ3v) is 3.25. The second-order valence-corrected chi connectivity index (χ2v) is 4.96. The Labute approximate surface area is 132 Å². The van der Waals surface area contributed by atoms with Crippen molar-refractivity contribution in [3.05, 3.63) is 59.1 Å². The van der Waals surface area contributed by atoms with Crippen molar-refractivity contribution >= 4 is 23.8 Å². The average molecular weight is 313 g/mol. The minimum absolute atomic E-state index is 0.366. The van der Waals surface area contributed by atoms with Crippen molar-refractivity contribution in [1.82, 2.24) is 15.2 Å². The van der Waals surface area contributed by atoms with Crippen LogP contribution < -0.4 is 4.74 Å². The second-order valence-electron chi connectivity index (χ2n) is 4.53. The highest BCUT2D eigenvalue weighted by Crippen LogP contribution is 2.20. The molecule has 3 aromatic rings. The standard InChI is InChI=1S/C16H13ClN4O/c1-22-14-7-5-11(6-8-14)10-18-16-19-15(20-21-16)12-3-2-4-13(17)9-12/h2-10H,1H3,(H,19,20,21)/b18-10+. The van der Waals surface area contributed by atoms with Gasteiger partial charge in [0.2, 0.25) is 0 Å². The minimum atomic E-state index is 0.366. The van der Waals surface area contributed by atoms with Crippen LogP contribution in [0, 0.1) is 0 Å². The first-order valence-corrected chi connectivity index (χ1v) is 6.99. The Hall–Kier alpha value is -2.66. The third-order valence-electron chi connectivity index (χ3n) is 3.02. The second kappa shape index (κ2) is 6.41. The maximum absolute atomic E-state index is 5.97. The highest BCUT2D eigenvalue weighted by molar-refractivity contribution is 6.30. The Morgan fingerprint density at radius 1 is 1.18 bits per heavy atom. The molecule has 0 aliphatic carbocycles. The molecule has 0 atom stereocenters. The Balaban J connectivity index is 1.77. The van der Waals surface area contributed by atoms with Gasteiger partial charge in [0.15, 0.2) is 5.82 Å². The fourth-order valence-corrected chi connectivity index (χ4v) is 2.09. The van der Waals surface area contributed by atoms with Crippen LogP contribution in [0.3, 0.4) is 0 Å². The number of halogens is 1. The van der Waals surface area contributed by atoms with E-state index in [1.807, 2.05) is 48.5 Å². The zero-order valence-corrected chi connectivity index (χ0v) is 12.6. The maximum atomic E-state index is 5.97. The number of aromatic nitrogens is 3. The van der Waals surface area contributed by atoms with E-state index in [1.54, 1.807) is 13.3 Å². The number of nitrogens with one attached hydrogen (secondary N) is 1. The highest BCUT2D eigenvalue weighted by atomic mass is 35.5.